The monoisotopic (exact) mass is 382 g/mol. The van der Waals surface area contributed by atoms with Crippen molar-refractivity contribution in [1.82, 2.24) is 14.7 Å². The van der Waals surface area contributed by atoms with Crippen LogP contribution in [0.1, 0.15) is 24.0 Å². The minimum atomic E-state index is -3.66. The Morgan fingerprint density at radius 1 is 1.07 bits per heavy atom. The molecule has 0 bridgehead atoms. The van der Waals surface area contributed by atoms with Gasteiger partial charge in [-0.05, 0) is 61.2 Å². The van der Waals surface area contributed by atoms with Crippen LogP contribution in [0.25, 0.3) is 10.9 Å². The Balaban J connectivity index is 1.58. The van der Waals surface area contributed by atoms with E-state index in [0.29, 0.717) is 10.9 Å². The summed E-state index contributed by atoms with van der Waals surface area (Å²) in [5.41, 5.74) is 2.56. The minimum absolute atomic E-state index is 0.224. The molecular weight excluding hydrogens is 360 g/mol. The standard InChI is InChI=1S/C20H22N4O2S/c1-15-6-7-18(17-5-4-9-22-20(15)17)27(25,26)23-14-16-8-10-21-19(13-16)24-11-2-3-12-24/h4-10,13,23H,2-3,11-12,14H2,1H3. The Morgan fingerprint density at radius 3 is 2.70 bits per heavy atom. The molecule has 1 saturated heterocycles. The molecule has 0 saturated carbocycles. The quantitative estimate of drug-likeness (QED) is 0.734. The number of benzene rings is 1. The van der Waals surface area contributed by atoms with Gasteiger partial charge in [-0.15, -0.1) is 0 Å². The maximum absolute atomic E-state index is 12.9. The van der Waals surface area contributed by atoms with E-state index in [2.05, 4.69) is 19.6 Å². The highest BCUT2D eigenvalue weighted by atomic mass is 32.2. The first kappa shape index (κ1) is 17.9. The number of nitrogens with one attached hydrogen (secondary N) is 1. The van der Waals surface area contributed by atoms with Crippen LogP contribution in [0, 0.1) is 6.92 Å². The van der Waals surface area contributed by atoms with Crippen molar-refractivity contribution in [2.75, 3.05) is 18.0 Å². The van der Waals surface area contributed by atoms with Crippen molar-refractivity contribution in [1.29, 1.82) is 0 Å². The van der Waals surface area contributed by atoms with Gasteiger partial charge in [0, 0.05) is 37.4 Å². The molecule has 3 heterocycles. The number of sulfonamides is 1. The van der Waals surface area contributed by atoms with E-state index >= 15 is 0 Å². The number of hydrogen-bond donors (Lipinski definition) is 1. The molecule has 7 heteroatoms. The summed E-state index contributed by atoms with van der Waals surface area (Å²) in [7, 11) is -3.66. The van der Waals surface area contributed by atoms with Crippen LogP contribution in [0.4, 0.5) is 5.82 Å². The molecule has 1 fully saturated rings. The summed E-state index contributed by atoms with van der Waals surface area (Å²) < 4.78 is 28.5. The van der Waals surface area contributed by atoms with Gasteiger partial charge >= 0.3 is 0 Å². The summed E-state index contributed by atoms with van der Waals surface area (Å²) in [6.45, 7) is 4.16. The highest BCUT2D eigenvalue weighted by molar-refractivity contribution is 7.89. The van der Waals surface area contributed by atoms with Crippen molar-refractivity contribution < 1.29 is 8.42 Å². The molecular formula is C20H22N4O2S. The fourth-order valence-electron chi connectivity index (χ4n) is 3.47. The number of aromatic nitrogens is 2. The van der Waals surface area contributed by atoms with Gasteiger partial charge in [-0.3, -0.25) is 4.98 Å². The van der Waals surface area contributed by atoms with E-state index < -0.39 is 10.0 Å². The van der Waals surface area contributed by atoms with E-state index in [0.717, 1.165) is 30.0 Å². The maximum atomic E-state index is 12.9. The van der Waals surface area contributed by atoms with Crippen molar-refractivity contribution in [3.8, 4) is 0 Å². The Labute approximate surface area is 159 Å². The first-order valence-electron chi connectivity index (χ1n) is 9.08. The van der Waals surface area contributed by atoms with Gasteiger partial charge in [0.1, 0.15) is 5.82 Å². The molecule has 6 nitrogen and oxygen atoms in total. The molecule has 1 N–H and O–H groups in total. The van der Waals surface area contributed by atoms with Crippen LogP contribution in [0.5, 0.6) is 0 Å². The fourth-order valence-corrected chi connectivity index (χ4v) is 4.68. The van der Waals surface area contributed by atoms with Gasteiger partial charge in [-0.25, -0.2) is 18.1 Å². The summed E-state index contributed by atoms with van der Waals surface area (Å²) in [6, 6.07) is 10.8. The zero-order chi connectivity index (χ0) is 18.9. The predicted molar refractivity (Wildman–Crippen MR) is 106 cm³/mol. The third kappa shape index (κ3) is 3.65. The van der Waals surface area contributed by atoms with E-state index in [4.69, 9.17) is 0 Å². The van der Waals surface area contributed by atoms with Crippen LogP contribution in [-0.4, -0.2) is 31.5 Å². The average molecular weight is 382 g/mol. The molecule has 1 aliphatic heterocycles. The van der Waals surface area contributed by atoms with Crippen LogP contribution in [0.15, 0.2) is 53.7 Å². The maximum Gasteiger partial charge on any atom is 0.241 e. The van der Waals surface area contributed by atoms with Crippen molar-refractivity contribution in [2.45, 2.75) is 31.2 Å². The molecule has 1 aromatic carbocycles. The number of rotatable bonds is 5. The van der Waals surface area contributed by atoms with E-state index in [1.807, 2.05) is 19.1 Å². The van der Waals surface area contributed by atoms with E-state index in [1.165, 1.54) is 12.8 Å². The second-order valence-electron chi connectivity index (χ2n) is 6.82. The van der Waals surface area contributed by atoms with Crippen molar-refractivity contribution >= 4 is 26.7 Å². The molecule has 140 valence electrons. The molecule has 0 aliphatic carbocycles. The second-order valence-corrected chi connectivity index (χ2v) is 8.56. The zero-order valence-electron chi connectivity index (χ0n) is 15.2. The lowest BCUT2D eigenvalue weighted by Gasteiger charge is -2.17. The lowest BCUT2D eigenvalue weighted by atomic mass is 10.1. The Bertz CT molecular complexity index is 1080. The molecule has 0 unspecified atom stereocenters. The van der Waals surface area contributed by atoms with Crippen LogP contribution >= 0.6 is 0 Å². The summed E-state index contributed by atoms with van der Waals surface area (Å²) >= 11 is 0. The van der Waals surface area contributed by atoms with Gasteiger partial charge < -0.3 is 4.90 Å². The van der Waals surface area contributed by atoms with Crippen LogP contribution in [-0.2, 0) is 16.6 Å². The lowest BCUT2D eigenvalue weighted by Crippen LogP contribution is -2.24. The smallest absolute Gasteiger partial charge is 0.241 e. The fraction of sp³-hybridized carbons (Fsp3) is 0.300. The van der Waals surface area contributed by atoms with Crippen molar-refractivity contribution in [3.05, 3.63) is 59.9 Å². The molecule has 0 radical (unpaired) electrons. The Morgan fingerprint density at radius 2 is 1.89 bits per heavy atom. The highest BCUT2D eigenvalue weighted by Gasteiger charge is 2.19. The predicted octanol–water partition coefficient (Wildman–Crippen LogP) is 3.02. The minimum Gasteiger partial charge on any atom is -0.357 e. The summed E-state index contributed by atoms with van der Waals surface area (Å²) in [5.74, 6) is 0.911. The first-order chi connectivity index (χ1) is 13.0. The highest BCUT2D eigenvalue weighted by Crippen LogP contribution is 2.24. The van der Waals surface area contributed by atoms with Gasteiger partial charge in [0.25, 0.3) is 0 Å². The Hall–Kier alpha value is -2.51. The van der Waals surface area contributed by atoms with Gasteiger partial charge in [-0.1, -0.05) is 6.07 Å². The number of hydrogen-bond acceptors (Lipinski definition) is 5. The second kappa shape index (κ2) is 7.25. The van der Waals surface area contributed by atoms with Crippen molar-refractivity contribution in [2.24, 2.45) is 0 Å². The van der Waals surface area contributed by atoms with Gasteiger partial charge in [0.2, 0.25) is 10.0 Å². The first-order valence-corrected chi connectivity index (χ1v) is 10.6. The van der Waals surface area contributed by atoms with Crippen LogP contribution < -0.4 is 9.62 Å². The summed E-state index contributed by atoms with van der Waals surface area (Å²) in [4.78, 5) is 11.2. The van der Waals surface area contributed by atoms with E-state index in [-0.39, 0.29) is 11.4 Å². The number of fused-ring (bicyclic) bond motifs is 1. The average Bonchev–Trinajstić information content (AvgIpc) is 3.22. The summed E-state index contributed by atoms with van der Waals surface area (Å²) in [6.07, 6.45) is 5.76. The lowest BCUT2D eigenvalue weighted by molar-refractivity contribution is 0.582. The van der Waals surface area contributed by atoms with E-state index in [1.54, 1.807) is 36.7 Å². The molecule has 1 aliphatic rings. The van der Waals surface area contributed by atoms with E-state index in [9.17, 15) is 8.42 Å². The van der Waals surface area contributed by atoms with Crippen LogP contribution in [0.2, 0.25) is 0 Å². The zero-order valence-corrected chi connectivity index (χ0v) is 16.0. The number of pyridine rings is 2. The summed E-state index contributed by atoms with van der Waals surface area (Å²) in [5, 5.41) is 0.637. The largest absolute Gasteiger partial charge is 0.357 e. The van der Waals surface area contributed by atoms with Gasteiger partial charge in [0.15, 0.2) is 0 Å². The van der Waals surface area contributed by atoms with Gasteiger partial charge in [-0.2, -0.15) is 0 Å². The topological polar surface area (TPSA) is 75.2 Å². The Kier molecular flexibility index (Phi) is 4.80. The number of aryl methyl sites for hydroxylation is 1. The van der Waals surface area contributed by atoms with Crippen molar-refractivity contribution in [3.63, 3.8) is 0 Å². The molecule has 0 spiro atoms. The molecule has 4 rings (SSSR count). The number of anilines is 1. The van der Waals surface area contributed by atoms with Gasteiger partial charge in [0.05, 0.1) is 10.4 Å². The third-order valence-corrected chi connectivity index (χ3v) is 6.39. The number of nitrogens with zero attached hydrogens (tertiary/aromatic N) is 3. The molecule has 27 heavy (non-hydrogen) atoms. The van der Waals surface area contributed by atoms with Crippen LogP contribution in [0.3, 0.4) is 0 Å². The third-order valence-electron chi connectivity index (χ3n) is 4.93. The molecule has 0 atom stereocenters. The normalized spacial score (nSPS) is 14.8. The molecule has 2 aromatic heterocycles. The molecule has 3 aromatic rings. The SMILES string of the molecule is Cc1ccc(S(=O)(=O)NCc2ccnc(N3CCCC3)c2)c2cccnc12. The molecule has 0 amide bonds.